The number of carbonyl (C=O) groups excluding carboxylic acids is 2. The van der Waals surface area contributed by atoms with E-state index in [-0.39, 0.29) is 11.8 Å². The molecule has 7 nitrogen and oxygen atoms in total. The predicted molar refractivity (Wildman–Crippen MR) is 99.3 cm³/mol. The van der Waals surface area contributed by atoms with E-state index in [1.807, 2.05) is 24.4 Å². The molecular formula is C18H20N4O3S. The molecule has 0 unspecified atom stereocenters. The number of aryl methyl sites for hydroxylation is 1. The normalized spacial score (nSPS) is 10.7. The van der Waals surface area contributed by atoms with Gasteiger partial charge in [0.15, 0.2) is 11.5 Å². The van der Waals surface area contributed by atoms with Crippen molar-refractivity contribution >= 4 is 23.2 Å². The number of carbonyl (C=O) groups is 2. The molecule has 136 valence electrons. The minimum Gasteiger partial charge on any atom is -0.456 e. The minimum atomic E-state index is -0.246. The minimum absolute atomic E-state index is 0.242. The average molecular weight is 372 g/mol. The van der Waals surface area contributed by atoms with E-state index in [1.54, 1.807) is 29.5 Å². The lowest BCUT2D eigenvalue weighted by Crippen LogP contribution is -2.29. The van der Waals surface area contributed by atoms with Crippen molar-refractivity contribution in [2.24, 2.45) is 0 Å². The van der Waals surface area contributed by atoms with Crippen molar-refractivity contribution in [2.75, 3.05) is 13.1 Å². The first-order valence-electron chi connectivity index (χ1n) is 8.41. The van der Waals surface area contributed by atoms with Crippen LogP contribution in [0.5, 0.6) is 0 Å². The van der Waals surface area contributed by atoms with Crippen molar-refractivity contribution in [1.29, 1.82) is 0 Å². The van der Waals surface area contributed by atoms with Crippen LogP contribution in [0.4, 0.5) is 0 Å². The monoisotopic (exact) mass is 372 g/mol. The third-order valence-corrected chi connectivity index (χ3v) is 4.66. The SMILES string of the molecule is CCc1ccc(C(=O)NCCCNC(=O)c2cc(-c3cccs3)[nH]n2)o1. The molecule has 0 aliphatic rings. The summed E-state index contributed by atoms with van der Waals surface area (Å²) in [6.45, 7) is 2.85. The van der Waals surface area contributed by atoms with Crippen LogP contribution < -0.4 is 10.6 Å². The molecule has 0 saturated heterocycles. The number of H-pyrrole nitrogens is 1. The van der Waals surface area contributed by atoms with Gasteiger partial charge < -0.3 is 15.1 Å². The van der Waals surface area contributed by atoms with Gasteiger partial charge >= 0.3 is 0 Å². The van der Waals surface area contributed by atoms with Crippen molar-refractivity contribution in [1.82, 2.24) is 20.8 Å². The highest BCUT2D eigenvalue weighted by Gasteiger charge is 2.12. The molecule has 0 aliphatic carbocycles. The number of aromatic nitrogens is 2. The lowest BCUT2D eigenvalue weighted by molar-refractivity contribution is 0.0924. The molecule has 3 aromatic heterocycles. The maximum atomic E-state index is 12.1. The van der Waals surface area contributed by atoms with Gasteiger partial charge in [0.05, 0.1) is 10.6 Å². The van der Waals surface area contributed by atoms with Crippen LogP contribution in [-0.4, -0.2) is 35.1 Å². The van der Waals surface area contributed by atoms with Crippen LogP contribution in [0.2, 0.25) is 0 Å². The van der Waals surface area contributed by atoms with Crippen molar-refractivity contribution in [3.8, 4) is 10.6 Å². The highest BCUT2D eigenvalue weighted by Crippen LogP contribution is 2.22. The summed E-state index contributed by atoms with van der Waals surface area (Å²) in [4.78, 5) is 25.0. The van der Waals surface area contributed by atoms with E-state index in [2.05, 4.69) is 20.8 Å². The Morgan fingerprint density at radius 1 is 1.19 bits per heavy atom. The van der Waals surface area contributed by atoms with E-state index in [4.69, 9.17) is 4.42 Å². The van der Waals surface area contributed by atoms with Gasteiger partial charge in [-0.2, -0.15) is 5.10 Å². The number of rotatable bonds is 8. The van der Waals surface area contributed by atoms with Crippen LogP contribution in [0.25, 0.3) is 10.6 Å². The molecule has 0 radical (unpaired) electrons. The first kappa shape index (κ1) is 17.9. The van der Waals surface area contributed by atoms with Gasteiger partial charge in [-0.25, -0.2) is 0 Å². The Morgan fingerprint density at radius 2 is 2.00 bits per heavy atom. The van der Waals surface area contributed by atoms with E-state index in [1.165, 1.54) is 0 Å². The molecule has 0 bridgehead atoms. The maximum absolute atomic E-state index is 12.1. The van der Waals surface area contributed by atoms with Crippen LogP contribution in [0.15, 0.2) is 40.1 Å². The number of amides is 2. The Bertz CT molecular complexity index is 867. The Hall–Kier alpha value is -2.87. The van der Waals surface area contributed by atoms with Gasteiger partial charge in [-0.05, 0) is 36.1 Å². The highest BCUT2D eigenvalue weighted by atomic mass is 32.1. The zero-order valence-corrected chi connectivity index (χ0v) is 15.2. The Kier molecular flexibility index (Phi) is 5.85. The van der Waals surface area contributed by atoms with E-state index < -0.39 is 0 Å². The molecule has 3 N–H and O–H groups in total. The summed E-state index contributed by atoms with van der Waals surface area (Å²) in [6, 6.07) is 9.10. The summed E-state index contributed by atoms with van der Waals surface area (Å²) >= 11 is 1.58. The molecule has 0 aliphatic heterocycles. The van der Waals surface area contributed by atoms with E-state index in [0.717, 1.165) is 22.8 Å². The second-order valence-corrected chi connectivity index (χ2v) is 6.58. The fourth-order valence-corrected chi connectivity index (χ4v) is 3.05. The second kappa shape index (κ2) is 8.48. The predicted octanol–water partition coefficient (Wildman–Crippen LogP) is 2.84. The van der Waals surface area contributed by atoms with Gasteiger partial charge in [0.1, 0.15) is 5.76 Å². The van der Waals surface area contributed by atoms with E-state index >= 15 is 0 Å². The largest absolute Gasteiger partial charge is 0.456 e. The van der Waals surface area contributed by atoms with Crippen molar-refractivity contribution in [3.05, 3.63) is 52.9 Å². The quantitative estimate of drug-likeness (QED) is 0.529. The highest BCUT2D eigenvalue weighted by molar-refractivity contribution is 7.13. The smallest absolute Gasteiger partial charge is 0.286 e. The zero-order chi connectivity index (χ0) is 18.4. The average Bonchev–Trinajstić information content (AvgIpc) is 3.41. The topological polar surface area (TPSA) is 100 Å². The molecule has 3 aromatic rings. The summed E-state index contributed by atoms with van der Waals surface area (Å²) in [5.74, 6) is 0.602. The first-order chi connectivity index (χ1) is 12.7. The van der Waals surface area contributed by atoms with E-state index in [9.17, 15) is 9.59 Å². The second-order valence-electron chi connectivity index (χ2n) is 5.63. The number of hydrogen-bond acceptors (Lipinski definition) is 5. The summed E-state index contributed by atoms with van der Waals surface area (Å²) < 4.78 is 5.39. The molecule has 26 heavy (non-hydrogen) atoms. The molecule has 0 aromatic carbocycles. The number of aromatic amines is 1. The Balaban J connectivity index is 1.38. The lowest BCUT2D eigenvalue weighted by Gasteiger charge is -2.04. The van der Waals surface area contributed by atoms with Crippen LogP contribution in [-0.2, 0) is 6.42 Å². The number of furan rings is 1. The van der Waals surface area contributed by atoms with Crippen LogP contribution in [0, 0.1) is 0 Å². The molecule has 8 heteroatoms. The van der Waals surface area contributed by atoms with Gasteiger partial charge in [0, 0.05) is 19.5 Å². The molecule has 3 heterocycles. The molecule has 0 fully saturated rings. The summed E-state index contributed by atoms with van der Waals surface area (Å²) in [5, 5.41) is 14.4. The molecule has 0 saturated carbocycles. The molecule has 0 spiro atoms. The first-order valence-corrected chi connectivity index (χ1v) is 9.29. The third-order valence-electron chi connectivity index (χ3n) is 3.76. The van der Waals surface area contributed by atoms with Crippen molar-refractivity contribution in [2.45, 2.75) is 19.8 Å². The van der Waals surface area contributed by atoms with Crippen LogP contribution in [0.3, 0.4) is 0 Å². The van der Waals surface area contributed by atoms with Crippen LogP contribution >= 0.6 is 11.3 Å². The van der Waals surface area contributed by atoms with Crippen LogP contribution in [0.1, 0.15) is 40.1 Å². The van der Waals surface area contributed by atoms with Gasteiger partial charge in [-0.1, -0.05) is 13.0 Å². The fraction of sp³-hybridized carbons (Fsp3) is 0.278. The van der Waals surface area contributed by atoms with Gasteiger partial charge in [0.25, 0.3) is 11.8 Å². The van der Waals surface area contributed by atoms with Crippen molar-refractivity contribution < 1.29 is 14.0 Å². The molecule has 2 amide bonds. The van der Waals surface area contributed by atoms with Crippen molar-refractivity contribution in [3.63, 3.8) is 0 Å². The number of nitrogens with one attached hydrogen (secondary N) is 3. The molecular weight excluding hydrogens is 352 g/mol. The number of thiophene rings is 1. The van der Waals surface area contributed by atoms with E-state index in [0.29, 0.717) is 31.0 Å². The third kappa shape index (κ3) is 4.40. The Morgan fingerprint density at radius 3 is 2.69 bits per heavy atom. The fourth-order valence-electron chi connectivity index (χ4n) is 2.36. The number of nitrogens with zero attached hydrogens (tertiary/aromatic N) is 1. The van der Waals surface area contributed by atoms with Gasteiger partial charge in [-0.15, -0.1) is 11.3 Å². The Labute approximate surface area is 154 Å². The maximum Gasteiger partial charge on any atom is 0.286 e. The summed E-state index contributed by atoms with van der Waals surface area (Å²) in [5.41, 5.74) is 1.17. The molecule has 0 atom stereocenters. The summed E-state index contributed by atoms with van der Waals surface area (Å²) in [7, 11) is 0. The lowest BCUT2D eigenvalue weighted by atomic mass is 10.3. The standard InChI is InChI=1S/C18H20N4O3S/c1-2-12-6-7-15(25-12)18(24)20-9-4-8-19-17(23)14-11-13(21-22-14)16-5-3-10-26-16/h3,5-7,10-11H,2,4,8-9H2,1H3,(H,19,23)(H,20,24)(H,21,22). The van der Waals surface area contributed by atoms with Gasteiger partial charge in [0.2, 0.25) is 0 Å². The number of hydrogen-bond donors (Lipinski definition) is 3. The van der Waals surface area contributed by atoms with Gasteiger partial charge in [-0.3, -0.25) is 14.7 Å². The summed E-state index contributed by atoms with van der Waals surface area (Å²) in [6.07, 6.45) is 1.36. The zero-order valence-electron chi connectivity index (χ0n) is 14.4. The molecule has 3 rings (SSSR count).